The van der Waals surface area contributed by atoms with E-state index in [1.807, 2.05) is 13.1 Å². The minimum atomic E-state index is -0.664. The summed E-state index contributed by atoms with van der Waals surface area (Å²) in [4.78, 5) is 31.0. The summed E-state index contributed by atoms with van der Waals surface area (Å²) in [5.74, 6) is 1.48. The molecule has 7 heteroatoms. The minimum absolute atomic E-state index is 0.274. The molecule has 0 unspecified atom stereocenters. The average molecular weight is 478 g/mol. The summed E-state index contributed by atoms with van der Waals surface area (Å²) >= 11 is 0. The van der Waals surface area contributed by atoms with Crippen LogP contribution in [0, 0.1) is 25.2 Å². The van der Waals surface area contributed by atoms with Gasteiger partial charge in [0, 0.05) is 37.0 Å². The fourth-order valence-corrected chi connectivity index (χ4v) is 5.32. The quantitative estimate of drug-likeness (QED) is 0.355. The number of anilines is 1. The van der Waals surface area contributed by atoms with Gasteiger partial charge in [-0.25, -0.2) is 15.0 Å². The van der Waals surface area contributed by atoms with Crippen LogP contribution in [0.25, 0.3) is 22.6 Å². The number of fused-ring (bicyclic) bond motifs is 1. The number of aromatic nitrogens is 4. The van der Waals surface area contributed by atoms with Gasteiger partial charge in [-0.15, -0.1) is 0 Å². The van der Waals surface area contributed by atoms with Crippen molar-refractivity contribution < 1.29 is 9.90 Å². The molecule has 3 aromatic heterocycles. The third kappa shape index (κ3) is 6.19. The number of aryl methyl sites for hydroxylation is 2. The Balaban J connectivity index is 1.44. The van der Waals surface area contributed by atoms with E-state index in [-0.39, 0.29) is 5.41 Å². The summed E-state index contributed by atoms with van der Waals surface area (Å²) in [5.41, 5.74) is 5.08. The summed E-state index contributed by atoms with van der Waals surface area (Å²) in [6, 6.07) is 6.27. The molecular formula is C28H39N5O2. The highest BCUT2D eigenvalue weighted by Gasteiger charge is 2.32. The van der Waals surface area contributed by atoms with Crippen LogP contribution in [0.5, 0.6) is 0 Å². The lowest BCUT2D eigenvalue weighted by molar-refractivity contribution is -0.138. The molecule has 7 nitrogen and oxygen atoms in total. The van der Waals surface area contributed by atoms with E-state index in [0.717, 1.165) is 97.7 Å². The number of nitrogens with one attached hydrogen (secondary N) is 1. The standard InChI is InChI=1S/C28H39N5O2/c1-5-6-14-33(15-13-28(4)11-9-21(10-12-28)17-24(34)35)23-8-7-22(18-29-23)26-31-25-19(2)16-20(3)30-27(25)32-26/h7-8,16,18,21H,5-6,9-15,17H2,1-4H3,(H,34,35)(H,30,31,32). The predicted octanol–water partition coefficient (Wildman–Crippen LogP) is 6.30. The Kier molecular flexibility index (Phi) is 7.72. The smallest absolute Gasteiger partial charge is 0.303 e. The number of aliphatic carboxylic acids is 1. The van der Waals surface area contributed by atoms with E-state index < -0.39 is 5.97 Å². The van der Waals surface area contributed by atoms with Gasteiger partial charge < -0.3 is 15.0 Å². The molecule has 1 saturated carbocycles. The summed E-state index contributed by atoms with van der Waals surface area (Å²) in [6.07, 6.45) is 9.88. The van der Waals surface area contributed by atoms with E-state index in [1.54, 1.807) is 0 Å². The zero-order chi connectivity index (χ0) is 25.0. The Bertz CT molecular complexity index is 1150. The fraction of sp³-hybridized carbons (Fsp3) is 0.571. The Morgan fingerprint density at radius 1 is 1.20 bits per heavy atom. The zero-order valence-electron chi connectivity index (χ0n) is 21.6. The third-order valence-electron chi connectivity index (χ3n) is 7.67. The second kappa shape index (κ2) is 10.8. The molecule has 1 aliphatic rings. The van der Waals surface area contributed by atoms with E-state index in [1.165, 1.54) is 0 Å². The molecule has 0 radical (unpaired) electrons. The number of carboxylic acid groups (broad SMARTS) is 1. The lowest BCUT2D eigenvalue weighted by Gasteiger charge is -2.38. The molecule has 4 rings (SSSR count). The van der Waals surface area contributed by atoms with Gasteiger partial charge in [-0.3, -0.25) is 4.79 Å². The Morgan fingerprint density at radius 3 is 2.63 bits per heavy atom. The van der Waals surface area contributed by atoms with Crippen LogP contribution in [-0.4, -0.2) is 44.1 Å². The van der Waals surface area contributed by atoms with E-state index >= 15 is 0 Å². The van der Waals surface area contributed by atoms with Gasteiger partial charge in [0.2, 0.25) is 0 Å². The first-order valence-electron chi connectivity index (χ1n) is 13.0. The summed E-state index contributed by atoms with van der Waals surface area (Å²) in [7, 11) is 0. The maximum atomic E-state index is 11.1. The van der Waals surface area contributed by atoms with Crippen molar-refractivity contribution in [2.24, 2.45) is 11.3 Å². The molecule has 3 aromatic rings. The van der Waals surface area contributed by atoms with Crippen molar-refractivity contribution in [3.8, 4) is 11.4 Å². The largest absolute Gasteiger partial charge is 0.481 e. The van der Waals surface area contributed by atoms with Crippen molar-refractivity contribution in [1.82, 2.24) is 19.9 Å². The highest BCUT2D eigenvalue weighted by molar-refractivity contribution is 5.79. The topological polar surface area (TPSA) is 95.0 Å². The number of pyridine rings is 2. The normalized spacial score (nSPS) is 20.3. The van der Waals surface area contributed by atoms with Crippen molar-refractivity contribution in [2.45, 2.75) is 79.1 Å². The number of carboxylic acids is 1. The number of unbranched alkanes of at least 4 members (excludes halogenated alkanes) is 1. The Labute approximate surface area is 208 Å². The molecule has 0 atom stereocenters. The molecular weight excluding hydrogens is 438 g/mol. The molecule has 1 aliphatic carbocycles. The predicted molar refractivity (Wildman–Crippen MR) is 141 cm³/mol. The summed E-state index contributed by atoms with van der Waals surface area (Å²) in [5, 5.41) is 9.11. The molecule has 35 heavy (non-hydrogen) atoms. The molecule has 0 aliphatic heterocycles. The van der Waals surface area contributed by atoms with Crippen molar-refractivity contribution >= 4 is 23.0 Å². The van der Waals surface area contributed by atoms with Crippen molar-refractivity contribution in [1.29, 1.82) is 0 Å². The zero-order valence-corrected chi connectivity index (χ0v) is 21.6. The maximum Gasteiger partial charge on any atom is 0.303 e. The third-order valence-corrected chi connectivity index (χ3v) is 7.67. The second-order valence-electron chi connectivity index (χ2n) is 10.7. The number of nitrogens with zero attached hydrogens (tertiary/aromatic N) is 4. The number of hydrogen-bond acceptors (Lipinski definition) is 5. The molecule has 0 aromatic carbocycles. The van der Waals surface area contributed by atoms with Crippen LogP contribution in [0.1, 0.15) is 76.5 Å². The van der Waals surface area contributed by atoms with Gasteiger partial charge in [0.25, 0.3) is 0 Å². The van der Waals surface area contributed by atoms with E-state index in [9.17, 15) is 4.79 Å². The van der Waals surface area contributed by atoms with Gasteiger partial charge in [0.05, 0.1) is 5.52 Å². The Morgan fingerprint density at radius 2 is 1.97 bits per heavy atom. The first kappa shape index (κ1) is 25.1. The first-order chi connectivity index (χ1) is 16.8. The number of imidazole rings is 1. The monoisotopic (exact) mass is 477 g/mol. The average Bonchev–Trinajstić information content (AvgIpc) is 3.25. The Hall–Kier alpha value is -2.96. The number of H-pyrrole nitrogens is 1. The molecule has 2 N–H and O–H groups in total. The number of carbonyl (C=O) groups is 1. The van der Waals surface area contributed by atoms with Crippen LogP contribution in [0.2, 0.25) is 0 Å². The minimum Gasteiger partial charge on any atom is -0.481 e. The van der Waals surface area contributed by atoms with Crippen LogP contribution in [0.4, 0.5) is 5.82 Å². The number of aromatic amines is 1. The molecule has 3 heterocycles. The van der Waals surface area contributed by atoms with Crippen LogP contribution in [0.15, 0.2) is 24.4 Å². The molecule has 0 saturated heterocycles. The van der Waals surface area contributed by atoms with Crippen LogP contribution < -0.4 is 4.90 Å². The van der Waals surface area contributed by atoms with Crippen LogP contribution >= 0.6 is 0 Å². The maximum absolute atomic E-state index is 11.1. The van der Waals surface area contributed by atoms with Gasteiger partial charge >= 0.3 is 5.97 Å². The van der Waals surface area contributed by atoms with Crippen molar-refractivity contribution in [3.05, 3.63) is 35.7 Å². The fourth-order valence-electron chi connectivity index (χ4n) is 5.32. The van der Waals surface area contributed by atoms with Gasteiger partial charge in [-0.05, 0) is 87.5 Å². The van der Waals surface area contributed by atoms with Gasteiger partial charge in [-0.2, -0.15) is 0 Å². The highest BCUT2D eigenvalue weighted by atomic mass is 16.4. The number of rotatable bonds is 10. The summed E-state index contributed by atoms with van der Waals surface area (Å²) in [6.45, 7) is 10.6. The SMILES string of the molecule is CCCCN(CCC1(C)CCC(CC(=O)O)CC1)c1ccc(-c2nc3nc(C)cc(C)c3[nH]2)cn1. The van der Waals surface area contributed by atoms with Gasteiger partial charge in [0.15, 0.2) is 5.65 Å². The molecule has 0 bridgehead atoms. The van der Waals surface area contributed by atoms with E-state index in [2.05, 4.69) is 53.8 Å². The highest BCUT2D eigenvalue weighted by Crippen LogP contribution is 2.42. The lowest BCUT2D eigenvalue weighted by Crippen LogP contribution is -2.33. The van der Waals surface area contributed by atoms with Gasteiger partial charge in [0.1, 0.15) is 11.6 Å². The molecule has 1 fully saturated rings. The van der Waals surface area contributed by atoms with Crippen molar-refractivity contribution in [3.63, 3.8) is 0 Å². The lowest BCUT2D eigenvalue weighted by atomic mass is 9.69. The summed E-state index contributed by atoms with van der Waals surface area (Å²) < 4.78 is 0. The van der Waals surface area contributed by atoms with E-state index in [0.29, 0.717) is 12.3 Å². The van der Waals surface area contributed by atoms with Crippen LogP contribution in [0.3, 0.4) is 0 Å². The first-order valence-corrected chi connectivity index (χ1v) is 13.0. The molecule has 188 valence electrons. The second-order valence-corrected chi connectivity index (χ2v) is 10.7. The van der Waals surface area contributed by atoms with Crippen molar-refractivity contribution in [2.75, 3.05) is 18.0 Å². The molecule has 0 amide bonds. The van der Waals surface area contributed by atoms with Crippen LogP contribution in [-0.2, 0) is 4.79 Å². The van der Waals surface area contributed by atoms with Gasteiger partial charge in [-0.1, -0.05) is 20.3 Å². The van der Waals surface area contributed by atoms with E-state index in [4.69, 9.17) is 15.1 Å². The molecule has 0 spiro atoms. The number of hydrogen-bond donors (Lipinski definition) is 2.